The third-order valence-corrected chi connectivity index (χ3v) is 11.0. The van der Waals surface area contributed by atoms with Crippen LogP contribution in [-0.4, -0.2) is 19.5 Å². The number of nitrogens with zero attached hydrogens (tertiary/aromatic N) is 5. The van der Waals surface area contributed by atoms with Gasteiger partial charge in [0.15, 0.2) is 17.5 Å². The normalized spacial score (nSPS) is 11.2. The summed E-state index contributed by atoms with van der Waals surface area (Å²) in [4.78, 5) is 15.4. The van der Waals surface area contributed by atoms with Crippen molar-refractivity contribution in [3.05, 3.63) is 205 Å². The van der Waals surface area contributed by atoms with E-state index < -0.39 is 0 Å². The van der Waals surface area contributed by atoms with E-state index in [9.17, 15) is 5.26 Å². The second-order valence-corrected chi connectivity index (χ2v) is 15.0. The van der Waals surface area contributed by atoms with Gasteiger partial charge in [-0.25, -0.2) is 15.0 Å². The average molecular weight is 756 g/mol. The van der Waals surface area contributed by atoms with Gasteiger partial charge < -0.3 is 4.57 Å². The number of hydrogen-bond acceptors (Lipinski definition) is 4. The van der Waals surface area contributed by atoms with Crippen LogP contribution in [0.2, 0.25) is 0 Å². The van der Waals surface area contributed by atoms with Crippen molar-refractivity contribution >= 4 is 21.8 Å². The Balaban J connectivity index is 1.28. The summed E-state index contributed by atoms with van der Waals surface area (Å²) in [6, 6.07) is 67.6. The van der Waals surface area contributed by atoms with Gasteiger partial charge in [0, 0.05) is 27.5 Å². The number of hydrogen-bond donors (Lipinski definition) is 0. The van der Waals surface area contributed by atoms with E-state index >= 15 is 0 Å². The first kappa shape index (κ1) is 35.5. The van der Waals surface area contributed by atoms with Crippen LogP contribution < -0.4 is 0 Å². The molecule has 0 N–H and O–H groups in total. The van der Waals surface area contributed by atoms with Gasteiger partial charge in [0.1, 0.15) is 0 Å². The maximum Gasteiger partial charge on any atom is 0.166 e. The standard InChI is InChI=1S/C54H37N5/c1-35-16-20-38(21-17-35)43-25-28-49-47(31-43)48-32-44(39-22-18-36(2)19-23-39)26-29-50(48)59(49)51-33-45(42-15-9-10-37(30-42)34-55)24-27-46(51)54-57-52(40-11-5-3-6-12-40)56-53(58-54)41-13-7-4-8-14-41/h3-33H,1-2H3. The SMILES string of the molecule is Cc1ccc(-c2ccc3c(c2)c2cc(-c4ccc(C)cc4)ccc2n3-c2cc(-c3cccc(C#N)c3)ccc2-c2nc(-c3ccccc3)nc(-c3ccccc3)n2)cc1. The van der Waals surface area contributed by atoms with Crippen molar-refractivity contribution in [2.24, 2.45) is 0 Å². The Bertz CT molecular complexity index is 3050. The summed E-state index contributed by atoms with van der Waals surface area (Å²) >= 11 is 0. The molecule has 0 unspecified atom stereocenters. The fourth-order valence-corrected chi connectivity index (χ4v) is 7.92. The van der Waals surface area contributed by atoms with Gasteiger partial charge in [0.2, 0.25) is 0 Å². The second-order valence-electron chi connectivity index (χ2n) is 15.0. The van der Waals surface area contributed by atoms with E-state index in [4.69, 9.17) is 15.0 Å². The maximum atomic E-state index is 9.84. The number of rotatable bonds is 7. The first-order valence-corrected chi connectivity index (χ1v) is 19.7. The lowest BCUT2D eigenvalue weighted by Crippen LogP contribution is -2.04. The van der Waals surface area contributed by atoms with Crippen LogP contribution >= 0.6 is 0 Å². The van der Waals surface area contributed by atoms with Crippen LogP contribution in [0.25, 0.3) is 95.0 Å². The molecule has 5 heteroatoms. The molecule has 0 fully saturated rings. The molecule has 278 valence electrons. The van der Waals surface area contributed by atoms with Crippen molar-refractivity contribution in [2.75, 3.05) is 0 Å². The smallest absolute Gasteiger partial charge is 0.166 e. The van der Waals surface area contributed by atoms with Crippen LogP contribution in [0.3, 0.4) is 0 Å². The lowest BCUT2D eigenvalue weighted by Gasteiger charge is -2.17. The van der Waals surface area contributed by atoms with E-state index in [1.165, 1.54) is 22.3 Å². The third-order valence-electron chi connectivity index (χ3n) is 11.0. The van der Waals surface area contributed by atoms with Gasteiger partial charge in [-0.05, 0) is 95.8 Å². The summed E-state index contributed by atoms with van der Waals surface area (Å²) in [5, 5.41) is 12.1. The minimum Gasteiger partial charge on any atom is -0.308 e. The lowest BCUT2D eigenvalue weighted by atomic mass is 9.99. The Morgan fingerprint density at radius 1 is 0.390 bits per heavy atom. The van der Waals surface area contributed by atoms with Crippen LogP contribution in [0.15, 0.2) is 188 Å². The first-order chi connectivity index (χ1) is 29.0. The molecule has 2 aromatic heterocycles. The molecule has 0 aliphatic heterocycles. The molecule has 10 rings (SSSR count). The van der Waals surface area contributed by atoms with E-state index in [2.05, 4.69) is 134 Å². The summed E-state index contributed by atoms with van der Waals surface area (Å²) in [7, 11) is 0. The molecule has 0 saturated carbocycles. The highest BCUT2D eigenvalue weighted by molar-refractivity contribution is 6.12. The lowest BCUT2D eigenvalue weighted by molar-refractivity contribution is 1.06. The number of aryl methyl sites for hydroxylation is 2. The maximum absolute atomic E-state index is 9.84. The van der Waals surface area contributed by atoms with Gasteiger partial charge in [-0.2, -0.15) is 5.26 Å². The molecule has 0 radical (unpaired) electrons. The zero-order valence-electron chi connectivity index (χ0n) is 32.6. The predicted molar refractivity (Wildman–Crippen MR) is 241 cm³/mol. The molecular weight excluding hydrogens is 719 g/mol. The monoisotopic (exact) mass is 755 g/mol. The van der Waals surface area contributed by atoms with E-state index in [0.29, 0.717) is 23.0 Å². The molecule has 0 bridgehead atoms. The first-order valence-electron chi connectivity index (χ1n) is 19.7. The van der Waals surface area contributed by atoms with Gasteiger partial charge in [-0.15, -0.1) is 0 Å². The molecule has 0 saturated heterocycles. The molecule has 0 spiro atoms. The highest BCUT2D eigenvalue weighted by Gasteiger charge is 2.21. The van der Waals surface area contributed by atoms with Crippen molar-refractivity contribution in [2.45, 2.75) is 13.8 Å². The topological polar surface area (TPSA) is 67.4 Å². The van der Waals surface area contributed by atoms with Crippen molar-refractivity contribution in [3.8, 4) is 79.3 Å². The van der Waals surface area contributed by atoms with Crippen molar-refractivity contribution in [1.29, 1.82) is 5.26 Å². The Morgan fingerprint density at radius 2 is 0.831 bits per heavy atom. The largest absolute Gasteiger partial charge is 0.308 e. The Kier molecular flexibility index (Phi) is 8.93. The third kappa shape index (κ3) is 6.73. The van der Waals surface area contributed by atoms with Gasteiger partial charge in [-0.3, -0.25) is 0 Å². The molecule has 0 atom stereocenters. The minimum atomic E-state index is 0.563. The molecule has 59 heavy (non-hydrogen) atoms. The summed E-state index contributed by atoms with van der Waals surface area (Å²) in [5.74, 6) is 1.75. The number of fused-ring (bicyclic) bond motifs is 3. The molecule has 0 amide bonds. The number of nitriles is 1. The predicted octanol–water partition coefficient (Wildman–Crippen LogP) is 13.5. The summed E-state index contributed by atoms with van der Waals surface area (Å²) in [5.41, 5.74) is 15.3. The van der Waals surface area contributed by atoms with Gasteiger partial charge >= 0.3 is 0 Å². The van der Waals surface area contributed by atoms with Crippen molar-refractivity contribution < 1.29 is 0 Å². The summed E-state index contributed by atoms with van der Waals surface area (Å²) < 4.78 is 2.35. The Hall–Kier alpha value is -7.94. The molecule has 5 nitrogen and oxygen atoms in total. The van der Waals surface area contributed by atoms with Gasteiger partial charge in [-0.1, -0.05) is 151 Å². The van der Waals surface area contributed by atoms with E-state index in [1.54, 1.807) is 0 Å². The molecule has 2 heterocycles. The van der Waals surface area contributed by atoms with Crippen LogP contribution in [0.5, 0.6) is 0 Å². The summed E-state index contributed by atoms with van der Waals surface area (Å²) in [6.07, 6.45) is 0. The quantitative estimate of drug-likeness (QED) is 0.162. The molecule has 0 aliphatic rings. The Labute approximate surface area is 343 Å². The van der Waals surface area contributed by atoms with Crippen molar-refractivity contribution in [1.82, 2.24) is 19.5 Å². The van der Waals surface area contributed by atoms with Crippen LogP contribution in [0.4, 0.5) is 0 Å². The zero-order valence-corrected chi connectivity index (χ0v) is 32.6. The number of benzene rings is 8. The second kappa shape index (κ2) is 14.9. The van der Waals surface area contributed by atoms with Crippen LogP contribution in [-0.2, 0) is 0 Å². The van der Waals surface area contributed by atoms with Crippen LogP contribution in [0.1, 0.15) is 16.7 Å². The molecular formula is C54H37N5. The molecule has 0 aliphatic carbocycles. The van der Waals surface area contributed by atoms with E-state index in [0.717, 1.165) is 66.4 Å². The van der Waals surface area contributed by atoms with E-state index in [-0.39, 0.29) is 0 Å². The highest BCUT2D eigenvalue weighted by Crippen LogP contribution is 2.41. The summed E-state index contributed by atoms with van der Waals surface area (Å²) in [6.45, 7) is 4.24. The van der Waals surface area contributed by atoms with Gasteiger partial charge in [0.25, 0.3) is 0 Å². The molecule has 10 aromatic rings. The minimum absolute atomic E-state index is 0.563. The van der Waals surface area contributed by atoms with E-state index in [1.807, 2.05) is 78.9 Å². The zero-order chi connectivity index (χ0) is 39.9. The van der Waals surface area contributed by atoms with Gasteiger partial charge in [0.05, 0.1) is 28.4 Å². The average Bonchev–Trinajstić information content (AvgIpc) is 3.62. The fourth-order valence-electron chi connectivity index (χ4n) is 7.92. The molecule has 8 aromatic carbocycles. The fraction of sp³-hybridized carbons (Fsp3) is 0.0370. The highest BCUT2D eigenvalue weighted by atomic mass is 15.1. The van der Waals surface area contributed by atoms with Crippen LogP contribution in [0, 0.1) is 25.2 Å². The van der Waals surface area contributed by atoms with Crippen molar-refractivity contribution in [3.63, 3.8) is 0 Å². The number of aromatic nitrogens is 4. The Morgan fingerprint density at radius 3 is 1.36 bits per heavy atom.